The first-order valence-corrected chi connectivity index (χ1v) is 7.36. The summed E-state index contributed by atoms with van der Waals surface area (Å²) in [7, 11) is 2.08. The molecule has 0 aliphatic heterocycles. The molecule has 4 heteroatoms. The third-order valence-corrected chi connectivity index (χ3v) is 3.40. The second-order valence-corrected chi connectivity index (χ2v) is 5.49. The van der Waals surface area contributed by atoms with Gasteiger partial charge >= 0.3 is 0 Å². The van der Waals surface area contributed by atoms with Crippen LogP contribution in [0.15, 0.2) is 24.3 Å². The van der Waals surface area contributed by atoms with Gasteiger partial charge in [0.15, 0.2) is 0 Å². The molecule has 0 fully saturated rings. The molecule has 0 aliphatic carbocycles. The van der Waals surface area contributed by atoms with E-state index < -0.39 is 0 Å². The Hall–Kier alpha value is -2.10. The lowest BCUT2D eigenvalue weighted by Gasteiger charge is -2.21. The molecule has 0 atom stereocenters. The lowest BCUT2D eigenvalue weighted by atomic mass is 10.1. The summed E-state index contributed by atoms with van der Waals surface area (Å²) >= 11 is 0. The molecule has 112 valence electrons. The fourth-order valence-electron chi connectivity index (χ4n) is 2.50. The lowest BCUT2D eigenvalue weighted by Crippen LogP contribution is -2.20. The normalized spacial score (nSPS) is 10.5. The largest absolute Gasteiger partial charge is 0.370 e. The minimum atomic E-state index is 0.698. The monoisotopic (exact) mass is 284 g/mol. The Kier molecular flexibility index (Phi) is 4.78. The van der Waals surface area contributed by atoms with Crippen molar-refractivity contribution in [2.75, 3.05) is 23.8 Å². The number of aromatic nitrogens is 2. The number of benzene rings is 1. The Labute approximate surface area is 127 Å². The van der Waals surface area contributed by atoms with Crippen LogP contribution in [-0.2, 0) is 6.54 Å². The number of nitrogens with zero attached hydrogens (tertiary/aromatic N) is 3. The molecule has 0 radical (unpaired) electrons. The van der Waals surface area contributed by atoms with Gasteiger partial charge in [0.1, 0.15) is 11.6 Å². The maximum Gasteiger partial charge on any atom is 0.150 e. The van der Waals surface area contributed by atoms with E-state index in [4.69, 9.17) is 0 Å². The van der Waals surface area contributed by atoms with E-state index in [2.05, 4.69) is 66.2 Å². The average molecular weight is 284 g/mol. The van der Waals surface area contributed by atoms with Crippen LogP contribution in [0.1, 0.15) is 29.6 Å². The third-order valence-electron chi connectivity index (χ3n) is 3.40. The summed E-state index contributed by atoms with van der Waals surface area (Å²) in [6, 6.07) is 8.47. The predicted octanol–water partition coefficient (Wildman–Crippen LogP) is 3.47. The fraction of sp³-hybridized carbons (Fsp3) is 0.412. The van der Waals surface area contributed by atoms with E-state index in [1.807, 2.05) is 13.0 Å². The summed E-state index contributed by atoms with van der Waals surface area (Å²) in [4.78, 5) is 11.3. The van der Waals surface area contributed by atoms with E-state index in [0.717, 1.165) is 23.9 Å². The maximum absolute atomic E-state index is 4.57. The Morgan fingerprint density at radius 1 is 1.10 bits per heavy atom. The highest BCUT2D eigenvalue weighted by atomic mass is 15.1. The smallest absolute Gasteiger partial charge is 0.150 e. The minimum Gasteiger partial charge on any atom is -0.370 e. The number of nitrogens with one attached hydrogen (secondary N) is 1. The zero-order chi connectivity index (χ0) is 15.4. The van der Waals surface area contributed by atoms with Crippen LogP contribution in [0.3, 0.4) is 0 Å². The molecule has 0 aliphatic rings. The van der Waals surface area contributed by atoms with Gasteiger partial charge in [-0.05, 0) is 39.3 Å². The summed E-state index contributed by atoms with van der Waals surface area (Å²) < 4.78 is 0. The van der Waals surface area contributed by atoms with Crippen LogP contribution >= 0.6 is 0 Å². The molecular formula is C17H24N4. The molecule has 2 rings (SSSR count). The average Bonchev–Trinajstić information content (AvgIpc) is 2.37. The highest BCUT2D eigenvalue weighted by molar-refractivity contribution is 5.53. The Balaban J connectivity index is 2.20. The number of rotatable bonds is 5. The van der Waals surface area contributed by atoms with Gasteiger partial charge in [-0.1, -0.05) is 17.7 Å². The van der Waals surface area contributed by atoms with E-state index in [-0.39, 0.29) is 0 Å². The highest BCUT2D eigenvalue weighted by Gasteiger charge is 2.09. The molecular weight excluding hydrogens is 260 g/mol. The van der Waals surface area contributed by atoms with Crippen molar-refractivity contribution in [2.24, 2.45) is 0 Å². The predicted molar refractivity (Wildman–Crippen MR) is 89.0 cm³/mol. The first-order valence-electron chi connectivity index (χ1n) is 7.36. The first-order chi connectivity index (χ1) is 9.99. The molecule has 4 nitrogen and oxygen atoms in total. The molecule has 1 N–H and O–H groups in total. The molecule has 0 unspecified atom stereocenters. The Morgan fingerprint density at radius 2 is 1.86 bits per heavy atom. The van der Waals surface area contributed by atoms with Crippen LogP contribution < -0.4 is 10.2 Å². The van der Waals surface area contributed by atoms with Gasteiger partial charge in [-0.15, -0.1) is 0 Å². The van der Waals surface area contributed by atoms with E-state index in [1.165, 1.54) is 16.8 Å². The Bertz CT molecular complexity index is 622. The van der Waals surface area contributed by atoms with Crippen molar-refractivity contribution in [3.05, 3.63) is 46.9 Å². The maximum atomic E-state index is 4.57. The molecule has 0 saturated heterocycles. The molecule has 2 aromatic rings. The van der Waals surface area contributed by atoms with Crippen LogP contribution in [0.2, 0.25) is 0 Å². The zero-order valence-corrected chi connectivity index (χ0v) is 13.6. The van der Waals surface area contributed by atoms with Crippen molar-refractivity contribution in [3.8, 4) is 0 Å². The van der Waals surface area contributed by atoms with Gasteiger partial charge < -0.3 is 10.2 Å². The lowest BCUT2D eigenvalue weighted by molar-refractivity contribution is 0.825. The van der Waals surface area contributed by atoms with E-state index in [1.54, 1.807) is 0 Å². The second-order valence-electron chi connectivity index (χ2n) is 5.49. The van der Waals surface area contributed by atoms with Gasteiger partial charge in [0, 0.05) is 31.0 Å². The van der Waals surface area contributed by atoms with E-state index in [0.29, 0.717) is 6.54 Å². The van der Waals surface area contributed by atoms with Crippen molar-refractivity contribution in [1.29, 1.82) is 0 Å². The summed E-state index contributed by atoms with van der Waals surface area (Å²) in [6.45, 7) is 9.89. The van der Waals surface area contributed by atoms with Gasteiger partial charge in [0.05, 0.1) is 6.54 Å². The number of hydrogen-bond acceptors (Lipinski definition) is 4. The van der Waals surface area contributed by atoms with Crippen LogP contribution in [-0.4, -0.2) is 23.6 Å². The molecule has 1 heterocycles. The Morgan fingerprint density at radius 3 is 2.52 bits per heavy atom. The van der Waals surface area contributed by atoms with E-state index >= 15 is 0 Å². The van der Waals surface area contributed by atoms with Crippen molar-refractivity contribution < 1.29 is 0 Å². The first kappa shape index (κ1) is 15.3. The molecule has 0 saturated carbocycles. The van der Waals surface area contributed by atoms with Crippen molar-refractivity contribution in [1.82, 2.24) is 9.97 Å². The van der Waals surface area contributed by atoms with Crippen LogP contribution in [0, 0.1) is 20.8 Å². The van der Waals surface area contributed by atoms with Crippen molar-refractivity contribution in [2.45, 2.75) is 34.2 Å². The van der Waals surface area contributed by atoms with Crippen LogP contribution in [0.5, 0.6) is 0 Å². The molecule has 0 amide bonds. The zero-order valence-electron chi connectivity index (χ0n) is 13.6. The SMILES string of the molecule is CCNc1cc(C)nc(CN(C)c2ccc(C)cc2C)n1. The molecule has 1 aromatic carbocycles. The third kappa shape index (κ3) is 3.94. The fourth-order valence-corrected chi connectivity index (χ4v) is 2.50. The van der Waals surface area contributed by atoms with E-state index in [9.17, 15) is 0 Å². The summed E-state index contributed by atoms with van der Waals surface area (Å²) in [5, 5.41) is 3.25. The molecule has 1 aromatic heterocycles. The van der Waals surface area contributed by atoms with Gasteiger partial charge in [0.25, 0.3) is 0 Å². The second kappa shape index (κ2) is 6.57. The summed E-state index contributed by atoms with van der Waals surface area (Å²) in [6.07, 6.45) is 0. The van der Waals surface area contributed by atoms with Gasteiger partial charge in [0.2, 0.25) is 0 Å². The topological polar surface area (TPSA) is 41.1 Å². The minimum absolute atomic E-state index is 0.698. The standard InChI is InChI=1S/C17H24N4/c1-6-18-16-10-14(4)19-17(20-16)11-21(5)15-8-7-12(2)9-13(15)3/h7-10H,6,11H2,1-5H3,(H,18,19,20). The molecule has 21 heavy (non-hydrogen) atoms. The summed E-state index contributed by atoms with van der Waals surface area (Å²) in [5.41, 5.74) is 4.77. The summed E-state index contributed by atoms with van der Waals surface area (Å²) in [5.74, 6) is 1.74. The molecule has 0 bridgehead atoms. The van der Waals surface area contributed by atoms with Crippen molar-refractivity contribution in [3.63, 3.8) is 0 Å². The van der Waals surface area contributed by atoms with Crippen LogP contribution in [0.4, 0.5) is 11.5 Å². The number of aryl methyl sites for hydroxylation is 3. The van der Waals surface area contributed by atoms with Gasteiger partial charge in [-0.25, -0.2) is 9.97 Å². The van der Waals surface area contributed by atoms with Gasteiger partial charge in [-0.3, -0.25) is 0 Å². The highest BCUT2D eigenvalue weighted by Crippen LogP contribution is 2.21. The number of hydrogen-bond donors (Lipinski definition) is 1. The van der Waals surface area contributed by atoms with Gasteiger partial charge in [-0.2, -0.15) is 0 Å². The quantitative estimate of drug-likeness (QED) is 0.912. The van der Waals surface area contributed by atoms with Crippen LogP contribution in [0.25, 0.3) is 0 Å². The molecule has 0 spiro atoms. The number of anilines is 2. The van der Waals surface area contributed by atoms with Crippen molar-refractivity contribution >= 4 is 11.5 Å².